The molecule has 0 atom stereocenters. The molecule has 0 bridgehead atoms. The molecular formula is C9H7ClFN5O. The third-order valence-electron chi connectivity index (χ3n) is 1.85. The largest absolute Gasteiger partial charge is 0.382 e. The molecule has 0 aliphatic heterocycles. The van der Waals surface area contributed by atoms with E-state index in [0.29, 0.717) is 0 Å². The first kappa shape index (κ1) is 11.3. The van der Waals surface area contributed by atoms with E-state index >= 15 is 0 Å². The van der Waals surface area contributed by atoms with Gasteiger partial charge in [0.25, 0.3) is 0 Å². The number of nitrogen functional groups attached to an aromatic ring is 1. The van der Waals surface area contributed by atoms with Crippen LogP contribution in [-0.4, -0.2) is 16.1 Å². The second-order valence-electron chi connectivity index (χ2n) is 3.12. The van der Waals surface area contributed by atoms with Crippen molar-refractivity contribution in [2.75, 3.05) is 5.73 Å². The summed E-state index contributed by atoms with van der Waals surface area (Å²) < 4.78 is 17.4. The minimum Gasteiger partial charge on any atom is -0.382 e. The lowest BCUT2D eigenvalue weighted by Gasteiger charge is -1.98. The Labute approximate surface area is 100 Å². The Kier molecular flexibility index (Phi) is 2.92. The lowest BCUT2D eigenvalue weighted by molar-refractivity contribution is 0.308. The molecule has 2 aromatic rings. The van der Waals surface area contributed by atoms with Crippen molar-refractivity contribution in [2.24, 2.45) is 10.7 Å². The maximum Gasteiger partial charge on any atom is 0.199 e. The lowest BCUT2D eigenvalue weighted by atomic mass is 10.3. The molecule has 8 heteroatoms. The van der Waals surface area contributed by atoms with E-state index in [0.717, 1.165) is 6.07 Å². The first-order valence-corrected chi connectivity index (χ1v) is 4.82. The molecular weight excluding hydrogens is 249 g/mol. The third-order valence-corrected chi connectivity index (χ3v) is 2.07. The summed E-state index contributed by atoms with van der Waals surface area (Å²) >= 11 is 5.67. The van der Waals surface area contributed by atoms with Gasteiger partial charge in [0, 0.05) is 5.02 Å². The van der Waals surface area contributed by atoms with Crippen LogP contribution >= 0.6 is 11.6 Å². The van der Waals surface area contributed by atoms with Crippen LogP contribution in [0.5, 0.6) is 0 Å². The normalized spacial score (nSPS) is 11.8. The van der Waals surface area contributed by atoms with Gasteiger partial charge in [-0.15, -0.1) is 0 Å². The molecule has 1 heterocycles. The molecule has 0 aliphatic rings. The lowest BCUT2D eigenvalue weighted by Crippen LogP contribution is -2.15. The van der Waals surface area contributed by atoms with Crippen LogP contribution < -0.4 is 11.5 Å². The van der Waals surface area contributed by atoms with Gasteiger partial charge in [-0.05, 0) is 28.5 Å². The number of anilines is 1. The Balaban J connectivity index is 2.39. The maximum absolute atomic E-state index is 13.0. The van der Waals surface area contributed by atoms with Crippen LogP contribution in [0.1, 0.15) is 5.69 Å². The van der Waals surface area contributed by atoms with Crippen LogP contribution in [0, 0.1) is 5.82 Å². The molecule has 0 aliphatic carbocycles. The highest BCUT2D eigenvalue weighted by atomic mass is 35.5. The van der Waals surface area contributed by atoms with Crippen molar-refractivity contribution in [3.63, 3.8) is 0 Å². The third kappa shape index (κ3) is 2.51. The highest BCUT2D eigenvalue weighted by molar-refractivity contribution is 6.30. The highest BCUT2D eigenvalue weighted by Crippen LogP contribution is 2.21. The number of nitrogens with two attached hydrogens (primary N) is 2. The monoisotopic (exact) mass is 255 g/mol. The average Bonchev–Trinajstić information content (AvgIpc) is 2.62. The molecule has 0 spiro atoms. The second-order valence-corrected chi connectivity index (χ2v) is 3.56. The van der Waals surface area contributed by atoms with E-state index in [-0.39, 0.29) is 28.1 Å². The van der Waals surface area contributed by atoms with Gasteiger partial charge >= 0.3 is 0 Å². The Bertz CT molecular complexity index is 562. The molecule has 0 fully saturated rings. The van der Waals surface area contributed by atoms with Crippen molar-refractivity contribution < 1.29 is 9.02 Å². The molecule has 1 aromatic heterocycles. The van der Waals surface area contributed by atoms with Crippen LogP contribution in [-0.2, 0) is 0 Å². The van der Waals surface area contributed by atoms with E-state index in [1.807, 2.05) is 0 Å². The van der Waals surface area contributed by atoms with Gasteiger partial charge in [0.2, 0.25) is 0 Å². The highest BCUT2D eigenvalue weighted by Gasteiger charge is 2.10. The topological polar surface area (TPSA) is 103 Å². The predicted octanol–water partition coefficient (Wildman–Crippen LogP) is 1.48. The Hall–Kier alpha value is -2.15. The van der Waals surface area contributed by atoms with Crippen molar-refractivity contribution in [3.05, 3.63) is 34.7 Å². The Morgan fingerprint density at radius 1 is 1.35 bits per heavy atom. The second kappa shape index (κ2) is 4.38. The Morgan fingerprint density at radius 3 is 2.71 bits per heavy atom. The summed E-state index contributed by atoms with van der Waals surface area (Å²) in [6, 6.07) is 3.77. The molecule has 6 nitrogen and oxygen atoms in total. The van der Waals surface area contributed by atoms with Crippen molar-refractivity contribution in [1.82, 2.24) is 10.3 Å². The number of hydrogen-bond acceptors (Lipinski definition) is 5. The molecule has 4 N–H and O–H groups in total. The van der Waals surface area contributed by atoms with E-state index in [1.165, 1.54) is 12.1 Å². The number of amidine groups is 1. The fraction of sp³-hybridized carbons (Fsp3) is 0. The molecule has 0 unspecified atom stereocenters. The molecule has 1 aromatic carbocycles. The van der Waals surface area contributed by atoms with Crippen molar-refractivity contribution in [2.45, 2.75) is 0 Å². The zero-order valence-electron chi connectivity index (χ0n) is 8.39. The number of rotatable bonds is 2. The van der Waals surface area contributed by atoms with Crippen LogP contribution in [0.4, 0.5) is 15.9 Å². The van der Waals surface area contributed by atoms with Gasteiger partial charge in [-0.2, -0.15) is 0 Å². The minimum atomic E-state index is -0.518. The summed E-state index contributed by atoms with van der Waals surface area (Å²) in [5.41, 5.74) is 11.4. The predicted molar refractivity (Wildman–Crippen MR) is 60.5 cm³/mol. The zero-order valence-corrected chi connectivity index (χ0v) is 9.15. The van der Waals surface area contributed by atoms with Crippen LogP contribution in [0.25, 0.3) is 0 Å². The van der Waals surface area contributed by atoms with Crippen LogP contribution in [0.3, 0.4) is 0 Å². The SMILES string of the molecule is NC(=Nc1cc(F)cc(Cl)c1)c1nonc1N. The summed E-state index contributed by atoms with van der Waals surface area (Å²) in [6.45, 7) is 0. The quantitative estimate of drug-likeness (QED) is 0.625. The summed E-state index contributed by atoms with van der Waals surface area (Å²) in [5.74, 6) is -0.547. The van der Waals surface area contributed by atoms with Crippen molar-refractivity contribution in [3.8, 4) is 0 Å². The number of hydrogen-bond donors (Lipinski definition) is 2. The Morgan fingerprint density at radius 2 is 2.12 bits per heavy atom. The first-order valence-electron chi connectivity index (χ1n) is 4.45. The van der Waals surface area contributed by atoms with Crippen molar-refractivity contribution in [1.29, 1.82) is 0 Å². The summed E-state index contributed by atoms with van der Waals surface area (Å²) in [5, 5.41) is 7.02. The fourth-order valence-electron chi connectivity index (χ4n) is 1.17. The molecule has 0 amide bonds. The first-order chi connectivity index (χ1) is 8.06. The van der Waals surface area contributed by atoms with Gasteiger partial charge in [0.1, 0.15) is 5.82 Å². The molecule has 0 saturated heterocycles. The van der Waals surface area contributed by atoms with E-state index in [1.54, 1.807) is 0 Å². The van der Waals surface area contributed by atoms with Crippen LogP contribution in [0.2, 0.25) is 5.02 Å². The molecule has 17 heavy (non-hydrogen) atoms. The summed E-state index contributed by atoms with van der Waals surface area (Å²) in [6.07, 6.45) is 0. The van der Waals surface area contributed by atoms with Gasteiger partial charge in [0.15, 0.2) is 17.3 Å². The summed E-state index contributed by atoms with van der Waals surface area (Å²) in [4.78, 5) is 3.91. The maximum atomic E-state index is 13.0. The zero-order chi connectivity index (χ0) is 12.4. The van der Waals surface area contributed by atoms with Crippen molar-refractivity contribution >= 4 is 28.9 Å². The van der Waals surface area contributed by atoms with E-state index in [4.69, 9.17) is 23.1 Å². The van der Waals surface area contributed by atoms with E-state index < -0.39 is 5.82 Å². The van der Waals surface area contributed by atoms with Gasteiger partial charge in [-0.1, -0.05) is 11.6 Å². The number of aromatic nitrogens is 2. The fourth-order valence-corrected chi connectivity index (χ4v) is 1.39. The molecule has 2 rings (SSSR count). The number of nitrogens with zero attached hydrogens (tertiary/aromatic N) is 3. The van der Waals surface area contributed by atoms with E-state index in [9.17, 15) is 4.39 Å². The molecule has 0 radical (unpaired) electrons. The van der Waals surface area contributed by atoms with Crippen LogP contribution in [0.15, 0.2) is 27.8 Å². The molecule has 0 saturated carbocycles. The standard InChI is InChI=1S/C9H7ClFN5O/c10-4-1-5(11)3-6(2-4)14-8(12)7-9(13)16-17-15-7/h1-3H,(H2,12,14)(H2,13,16). The average molecular weight is 256 g/mol. The molecule has 88 valence electrons. The van der Waals surface area contributed by atoms with Gasteiger partial charge in [-0.3, -0.25) is 0 Å². The number of halogens is 2. The smallest absolute Gasteiger partial charge is 0.199 e. The summed E-state index contributed by atoms with van der Waals surface area (Å²) in [7, 11) is 0. The minimum absolute atomic E-state index is 0.00810. The number of aliphatic imine (C=N–C) groups is 1. The van der Waals surface area contributed by atoms with Gasteiger partial charge in [0.05, 0.1) is 5.69 Å². The van der Waals surface area contributed by atoms with Gasteiger partial charge < -0.3 is 11.5 Å². The number of benzene rings is 1. The van der Waals surface area contributed by atoms with E-state index in [2.05, 4.69) is 19.9 Å². The van der Waals surface area contributed by atoms with Gasteiger partial charge in [-0.25, -0.2) is 14.0 Å².